The first-order valence-corrected chi connectivity index (χ1v) is 11.3. The van der Waals surface area contributed by atoms with Crippen LogP contribution in [0.15, 0.2) is 14.5 Å². The average molecular weight is 434 g/mol. The molecule has 0 fully saturated rings. The van der Waals surface area contributed by atoms with Gasteiger partial charge in [0.05, 0.1) is 6.10 Å². The minimum absolute atomic E-state index is 0. The summed E-state index contributed by atoms with van der Waals surface area (Å²) < 4.78 is 55.3. The van der Waals surface area contributed by atoms with Crippen LogP contribution in [0.25, 0.3) is 0 Å². The van der Waals surface area contributed by atoms with Crippen molar-refractivity contribution in [3.8, 4) is 0 Å². The number of likely N-dealkylation sites (N-methyl/N-ethyl adjacent to an activating group) is 1. The molecule has 8 nitrogen and oxygen atoms in total. The van der Waals surface area contributed by atoms with E-state index in [1.807, 2.05) is 13.8 Å². The molecule has 0 saturated carbocycles. The lowest BCUT2D eigenvalue weighted by Gasteiger charge is -2.32. The lowest BCUT2D eigenvalue weighted by molar-refractivity contribution is 0.105. The molecule has 0 saturated heterocycles. The van der Waals surface area contributed by atoms with Crippen molar-refractivity contribution in [3.63, 3.8) is 0 Å². The molecule has 2 heterocycles. The second kappa shape index (κ2) is 8.61. The maximum atomic E-state index is 12.8. The van der Waals surface area contributed by atoms with E-state index in [2.05, 4.69) is 5.32 Å². The number of nitrogens with one attached hydrogen (secondary N) is 1. The lowest BCUT2D eigenvalue weighted by atomic mass is 10.1. The Labute approximate surface area is 159 Å². The summed E-state index contributed by atoms with van der Waals surface area (Å²) in [4.78, 5) is 0. The van der Waals surface area contributed by atoms with Crippen LogP contribution < -0.4 is 10.5 Å². The van der Waals surface area contributed by atoms with Crippen LogP contribution in [0, 0.1) is 0 Å². The third-order valence-electron chi connectivity index (χ3n) is 3.96. The zero-order valence-electron chi connectivity index (χ0n) is 14.3. The Morgan fingerprint density at radius 2 is 2.16 bits per heavy atom. The van der Waals surface area contributed by atoms with Crippen LogP contribution >= 0.6 is 23.7 Å². The zero-order valence-corrected chi connectivity index (χ0v) is 17.5. The molecule has 2 rings (SSSR count). The summed E-state index contributed by atoms with van der Waals surface area (Å²) in [7, 11) is -6.11. The fourth-order valence-corrected chi connectivity index (χ4v) is 6.83. The highest BCUT2D eigenvalue weighted by molar-refractivity contribution is 7.94. The number of ether oxygens (including phenoxy) is 1. The standard InChI is InChI=1S/C13H23N3O5S3.ClH/c1-4-15-11-8-16(6-5-9(2)21-3)24(19,20)13-10(11)7-12(22-13)23(14,17)18;/h7,9,11,15H,4-6,8H2,1-3H3,(H2,14,17,18);1H/t9-,11?;/m1./s1. The molecule has 25 heavy (non-hydrogen) atoms. The first-order valence-electron chi connectivity index (χ1n) is 7.54. The molecule has 0 aliphatic carbocycles. The van der Waals surface area contributed by atoms with Gasteiger partial charge in [-0.1, -0.05) is 6.92 Å². The highest BCUT2D eigenvalue weighted by atomic mass is 35.5. The van der Waals surface area contributed by atoms with Gasteiger partial charge in [0.25, 0.3) is 10.0 Å². The molecule has 0 amide bonds. The van der Waals surface area contributed by atoms with E-state index >= 15 is 0 Å². The SMILES string of the molecule is CCNC1CN(CC[C@@H](C)OC)S(=O)(=O)c2sc(S(N)(=O)=O)cc21.Cl. The molecule has 1 aliphatic heterocycles. The quantitative estimate of drug-likeness (QED) is 0.659. The van der Waals surface area contributed by atoms with Gasteiger partial charge in [-0.25, -0.2) is 22.0 Å². The maximum absolute atomic E-state index is 12.8. The number of halogens is 1. The van der Waals surface area contributed by atoms with Crippen LogP contribution in [0.1, 0.15) is 31.9 Å². The molecule has 2 atom stereocenters. The largest absolute Gasteiger partial charge is 0.382 e. The monoisotopic (exact) mass is 433 g/mol. The van der Waals surface area contributed by atoms with Crippen molar-refractivity contribution in [1.29, 1.82) is 0 Å². The molecule has 0 aromatic carbocycles. The third kappa shape index (κ3) is 4.92. The fraction of sp³-hybridized carbons (Fsp3) is 0.692. The summed E-state index contributed by atoms with van der Waals surface area (Å²) in [6.45, 7) is 4.97. The number of hydrogen-bond donors (Lipinski definition) is 2. The van der Waals surface area contributed by atoms with E-state index in [0.29, 0.717) is 36.4 Å². The average Bonchev–Trinajstić information content (AvgIpc) is 2.95. The van der Waals surface area contributed by atoms with Gasteiger partial charge in [0.2, 0.25) is 10.0 Å². The first kappa shape index (κ1) is 22.8. The fourth-order valence-electron chi connectivity index (χ4n) is 2.54. The second-order valence-corrected chi connectivity index (χ2v) is 10.6. The minimum atomic E-state index is -3.94. The van der Waals surface area contributed by atoms with Gasteiger partial charge >= 0.3 is 0 Å². The van der Waals surface area contributed by atoms with Crippen molar-refractivity contribution in [2.24, 2.45) is 5.14 Å². The third-order valence-corrected chi connectivity index (χ3v) is 8.92. The zero-order chi connectivity index (χ0) is 18.1. The Balaban J connectivity index is 0.00000312. The van der Waals surface area contributed by atoms with Crippen molar-refractivity contribution in [3.05, 3.63) is 11.6 Å². The highest BCUT2D eigenvalue weighted by Gasteiger charge is 2.39. The molecule has 0 spiro atoms. The number of fused-ring (bicyclic) bond motifs is 1. The number of hydrogen-bond acceptors (Lipinski definition) is 7. The van der Waals surface area contributed by atoms with Crippen LogP contribution in [0.5, 0.6) is 0 Å². The van der Waals surface area contributed by atoms with Crippen LogP contribution in [0.2, 0.25) is 0 Å². The molecule has 1 aromatic rings. The Morgan fingerprint density at radius 3 is 2.68 bits per heavy atom. The molecule has 0 bridgehead atoms. The lowest BCUT2D eigenvalue weighted by Crippen LogP contribution is -2.44. The number of methoxy groups -OCH3 is 1. The predicted octanol–water partition coefficient (Wildman–Crippen LogP) is 0.897. The van der Waals surface area contributed by atoms with Gasteiger partial charge in [-0.15, -0.1) is 23.7 Å². The molecule has 0 radical (unpaired) electrons. The van der Waals surface area contributed by atoms with Crippen LogP contribution in [0.3, 0.4) is 0 Å². The van der Waals surface area contributed by atoms with Gasteiger partial charge in [-0.3, -0.25) is 0 Å². The predicted molar refractivity (Wildman–Crippen MR) is 99.2 cm³/mol. The van der Waals surface area contributed by atoms with Crippen molar-refractivity contribution in [2.45, 2.75) is 40.8 Å². The van der Waals surface area contributed by atoms with Crippen LogP contribution in [-0.2, 0) is 24.8 Å². The number of primary sulfonamides is 1. The number of thiophene rings is 1. The summed E-state index contributed by atoms with van der Waals surface area (Å²) in [6.07, 6.45) is 0.486. The summed E-state index contributed by atoms with van der Waals surface area (Å²) in [5.41, 5.74) is 0.474. The van der Waals surface area contributed by atoms with E-state index in [4.69, 9.17) is 9.88 Å². The van der Waals surface area contributed by atoms with Gasteiger partial charge in [0.15, 0.2) is 0 Å². The van der Waals surface area contributed by atoms with E-state index in [1.165, 1.54) is 10.4 Å². The van der Waals surface area contributed by atoms with Crippen molar-refractivity contribution < 1.29 is 21.6 Å². The summed E-state index contributed by atoms with van der Waals surface area (Å²) >= 11 is 0.709. The van der Waals surface area contributed by atoms with E-state index in [9.17, 15) is 16.8 Å². The number of nitrogens with zero attached hydrogens (tertiary/aromatic N) is 1. The second-order valence-electron chi connectivity index (χ2n) is 5.66. The summed E-state index contributed by atoms with van der Waals surface area (Å²) in [6, 6.07) is 1.10. The van der Waals surface area contributed by atoms with Crippen molar-refractivity contribution >= 4 is 43.8 Å². The molecule has 146 valence electrons. The van der Waals surface area contributed by atoms with Gasteiger partial charge in [0, 0.05) is 31.8 Å². The Bertz CT molecular complexity index is 794. The normalized spacial score (nSPS) is 21.4. The molecular formula is C13H24ClN3O5S3. The van der Waals surface area contributed by atoms with Crippen molar-refractivity contribution in [1.82, 2.24) is 9.62 Å². The van der Waals surface area contributed by atoms with Crippen LogP contribution in [0.4, 0.5) is 0 Å². The summed E-state index contributed by atoms with van der Waals surface area (Å²) in [5.74, 6) is 0. The summed E-state index contributed by atoms with van der Waals surface area (Å²) in [5, 5.41) is 8.37. The highest BCUT2D eigenvalue weighted by Crippen LogP contribution is 2.39. The van der Waals surface area contributed by atoms with E-state index < -0.39 is 20.0 Å². The number of sulfonamides is 2. The van der Waals surface area contributed by atoms with E-state index in [0.717, 1.165) is 0 Å². The molecule has 1 aliphatic rings. The Kier molecular flexibility index (Phi) is 7.84. The molecular weight excluding hydrogens is 410 g/mol. The molecule has 3 N–H and O–H groups in total. The maximum Gasteiger partial charge on any atom is 0.252 e. The molecule has 12 heteroatoms. The van der Waals surface area contributed by atoms with E-state index in [1.54, 1.807) is 7.11 Å². The van der Waals surface area contributed by atoms with E-state index in [-0.39, 0.29) is 39.5 Å². The number of nitrogens with two attached hydrogens (primary N) is 1. The van der Waals surface area contributed by atoms with Gasteiger partial charge in [0.1, 0.15) is 8.42 Å². The van der Waals surface area contributed by atoms with Gasteiger partial charge < -0.3 is 10.1 Å². The Hall–Kier alpha value is -0.270. The van der Waals surface area contributed by atoms with Crippen molar-refractivity contribution in [2.75, 3.05) is 26.7 Å². The number of rotatable bonds is 7. The first-order chi connectivity index (χ1) is 11.1. The van der Waals surface area contributed by atoms with Crippen LogP contribution in [-0.4, -0.2) is 54.0 Å². The van der Waals surface area contributed by atoms with Gasteiger partial charge in [-0.2, -0.15) is 4.31 Å². The molecule has 1 unspecified atom stereocenters. The minimum Gasteiger partial charge on any atom is -0.382 e. The molecule has 1 aromatic heterocycles. The topological polar surface area (TPSA) is 119 Å². The Morgan fingerprint density at radius 1 is 1.52 bits per heavy atom. The van der Waals surface area contributed by atoms with Gasteiger partial charge in [-0.05, 0) is 26.0 Å². The smallest absolute Gasteiger partial charge is 0.252 e.